The van der Waals surface area contributed by atoms with Crippen molar-refractivity contribution in [2.24, 2.45) is 16.9 Å². The number of rotatable bonds is 4. The minimum Gasteiger partial charge on any atom is -0.393 e. The standard InChI is InChI=1S/C12H22N2O.C2H6/c1-5-14(13-4)10-6-7-11(9(2)3)12(15)8-10;1-2/h5,9-12,15H,1,4,6-8H2,2-3H3;1-2H3. The molecule has 100 valence electrons. The van der Waals surface area contributed by atoms with Gasteiger partial charge in [-0.05, 0) is 31.1 Å². The molecular weight excluding hydrogens is 212 g/mol. The number of hydrogen-bond donors (Lipinski definition) is 1. The van der Waals surface area contributed by atoms with Crippen LogP contribution in [0.3, 0.4) is 0 Å². The monoisotopic (exact) mass is 240 g/mol. The highest BCUT2D eigenvalue weighted by atomic mass is 16.3. The van der Waals surface area contributed by atoms with Crippen LogP contribution >= 0.6 is 0 Å². The number of hydrogen-bond acceptors (Lipinski definition) is 3. The van der Waals surface area contributed by atoms with Crippen LogP contribution in [-0.4, -0.2) is 29.0 Å². The zero-order valence-corrected chi connectivity index (χ0v) is 11.8. The highest BCUT2D eigenvalue weighted by Crippen LogP contribution is 2.32. The summed E-state index contributed by atoms with van der Waals surface area (Å²) in [6, 6.07) is 0.269. The SMILES string of the molecule is C=CN(N=C)C1CCC(C(C)C)C(O)C1.CC. The van der Waals surface area contributed by atoms with Crippen molar-refractivity contribution in [2.75, 3.05) is 0 Å². The second kappa shape index (κ2) is 8.29. The Labute approximate surface area is 106 Å². The summed E-state index contributed by atoms with van der Waals surface area (Å²) in [5.41, 5.74) is 0. The van der Waals surface area contributed by atoms with Crippen LogP contribution in [0.25, 0.3) is 0 Å². The van der Waals surface area contributed by atoms with Crippen molar-refractivity contribution in [1.82, 2.24) is 5.01 Å². The molecule has 0 heterocycles. The van der Waals surface area contributed by atoms with E-state index in [0.29, 0.717) is 11.8 Å². The molecule has 1 aliphatic rings. The van der Waals surface area contributed by atoms with E-state index in [9.17, 15) is 5.11 Å². The Bertz CT molecular complexity index is 220. The normalized spacial score (nSPS) is 28.0. The van der Waals surface area contributed by atoms with Crippen molar-refractivity contribution in [3.63, 3.8) is 0 Å². The molecule has 0 aromatic carbocycles. The van der Waals surface area contributed by atoms with Gasteiger partial charge in [-0.25, -0.2) is 0 Å². The van der Waals surface area contributed by atoms with Crippen molar-refractivity contribution in [3.05, 3.63) is 12.8 Å². The Morgan fingerprint density at radius 2 is 1.94 bits per heavy atom. The van der Waals surface area contributed by atoms with Crippen molar-refractivity contribution >= 4 is 6.72 Å². The van der Waals surface area contributed by atoms with Crippen LogP contribution in [0.4, 0.5) is 0 Å². The summed E-state index contributed by atoms with van der Waals surface area (Å²) in [7, 11) is 0. The summed E-state index contributed by atoms with van der Waals surface area (Å²) in [6.45, 7) is 15.5. The molecule has 0 saturated heterocycles. The van der Waals surface area contributed by atoms with Crippen molar-refractivity contribution in [1.29, 1.82) is 0 Å². The fraction of sp³-hybridized carbons (Fsp3) is 0.786. The van der Waals surface area contributed by atoms with E-state index in [1.165, 1.54) is 0 Å². The Hall–Kier alpha value is -0.830. The molecule has 0 aromatic heterocycles. The molecule has 0 amide bonds. The van der Waals surface area contributed by atoms with E-state index in [4.69, 9.17) is 0 Å². The summed E-state index contributed by atoms with van der Waals surface area (Å²) in [4.78, 5) is 0. The maximum atomic E-state index is 10.0. The number of aliphatic hydroxyl groups is 1. The first-order chi connectivity index (χ1) is 8.10. The van der Waals surface area contributed by atoms with E-state index in [-0.39, 0.29) is 12.1 Å². The van der Waals surface area contributed by atoms with E-state index in [1.807, 2.05) is 13.8 Å². The highest BCUT2D eigenvalue weighted by molar-refractivity contribution is 5.23. The molecule has 3 heteroatoms. The molecular formula is C14H28N2O. The third kappa shape index (κ3) is 4.50. The average Bonchev–Trinajstić information content (AvgIpc) is 2.33. The number of nitrogens with zero attached hydrogens (tertiary/aromatic N) is 2. The largest absolute Gasteiger partial charge is 0.393 e. The molecule has 3 atom stereocenters. The van der Waals surface area contributed by atoms with Crippen molar-refractivity contribution < 1.29 is 5.11 Å². The minimum atomic E-state index is -0.215. The zero-order valence-electron chi connectivity index (χ0n) is 11.8. The van der Waals surface area contributed by atoms with E-state index >= 15 is 0 Å². The van der Waals surface area contributed by atoms with Gasteiger partial charge in [0, 0.05) is 12.9 Å². The van der Waals surface area contributed by atoms with E-state index in [0.717, 1.165) is 19.3 Å². The molecule has 1 aliphatic carbocycles. The summed E-state index contributed by atoms with van der Waals surface area (Å²) in [6.07, 6.45) is 4.36. The summed E-state index contributed by atoms with van der Waals surface area (Å²) >= 11 is 0. The van der Waals surface area contributed by atoms with Crippen LogP contribution in [0.2, 0.25) is 0 Å². The van der Waals surface area contributed by atoms with Gasteiger partial charge in [-0.15, -0.1) is 0 Å². The molecule has 0 aromatic rings. The van der Waals surface area contributed by atoms with Gasteiger partial charge >= 0.3 is 0 Å². The quantitative estimate of drug-likeness (QED) is 0.605. The predicted molar refractivity (Wildman–Crippen MR) is 74.9 cm³/mol. The molecule has 1 N–H and O–H groups in total. The fourth-order valence-corrected chi connectivity index (χ4v) is 2.49. The van der Waals surface area contributed by atoms with Crippen LogP contribution in [-0.2, 0) is 0 Å². The van der Waals surface area contributed by atoms with Crippen molar-refractivity contribution in [2.45, 2.75) is 59.1 Å². The molecule has 1 saturated carbocycles. The molecule has 0 aliphatic heterocycles. The van der Waals surface area contributed by atoms with Gasteiger partial charge in [0.05, 0.1) is 12.1 Å². The highest BCUT2D eigenvalue weighted by Gasteiger charge is 2.32. The van der Waals surface area contributed by atoms with Crippen LogP contribution in [0.1, 0.15) is 47.0 Å². The second-order valence-electron chi connectivity index (χ2n) is 4.65. The molecule has 3 nitrogen and oxygen atoms in total. The second-order valence-corrected chi connectivity index (χ2v) is 4.65. The van der Waals surface area contributed by atoms with Gasteiger partial charge in [0.25, 0.3) is 0 Å². The summed E-state index contributed by atoms with van der Waals surface area (Å²) < 4.78 is 0. The number of aliphatic hydroxyl groups excluding tert-OH is 1. The van der Waals surface area contributed by atoms with Gasteiger partial charge in [-0.1, -0.05) is 34.3 Å². The van der Waals surface area contributed by atoms with E-state index in [2.05, 4.69) is 32.2 Å². The van der Waals surface area contributed by atoms with Crippen LogP contribution < -0.4 is 0 Å². The molecule has 0 radical (unpaired) electrons. The van der Waals surface area contributed by atoms with Crippen molar-refractivity contribution in [3.8, 4) is 0 Å². The summed E-state index contributed by atoms with van der Waals surface area (Å²) in [5.74, 6) is 0.979. The first-order valence-electron chi connectivity index (χ1n) is 6.65. The lowest BCUT2D eigenvalue weighted by Gasteiger charge is -2.38. The minimum absolute atomic E-state index is 0.215. The van der Waals surface area contributed by atoms with Gasteiger partial charge in [0.1, 0.15) is 0 Å². The third-order valence-electron chi connectivity index (χ3n) is 3.42. The Balaban J connectivity index is 0.00000121. The molecule has 0 spiro atoms. The molecule has 1 fully saturated rings. The first kappa shape index (κ1) is 16.2. The lowest BCUT2D eigenvalue weighted by atomic mass is 9.77. The van der Waals surface area contributed by atoms with Crippen LogP contribution in [0.15, 0.2) is 17.9 Å². The van der Waals surface area contributed by atoms with Crippen LogP contribution in [0.5, 0.6) is 0 Å². The Morgan fingerprint density at radius 3 is 2.29 bits per heavy atom. The fourth-order valence-electron chi connectivity index (χ4n) is 2.49. The summed E-state index contributed by atoms with van der Waals surface area (Å²) in [5, 5.41) is 15.7. The lowest BCUT2D eigenvalue weighted by Crippen LogP contribution is -2.40. The zero-order chi connectivity index (χ0) is 13.4. The maximum Gasteiger partial charge on any atom is 0.0591 e. The first-order valence-corrected chi connectivity index (χ1v) is 6.65. The Morgan fingerprint density at radius 1 is 1.35 bits per heavy atom. The molecule has 3 unspecified atom stereocenters. The topological polar surface area (TPSA) is 35.8 Å². The number of hydrazone groups is 1. The third-order valence-corrected chi connectivity index (χ3v) is 3.42. The molecule has 1 rings (SSSR count). The predicted octanol–water partition coefficient (Wildman–Crippen LogP) is 3.26. The van der Waals surface area contributed by atoms with E-state index in [1.54, 1.807) is 11.2 Å². The van der Waals surface area contributed by atoms with Crippen LogP contribution in [0, 0.1) is 11.8 Å². The maximum absolute atomic E-state index is 10.0. The molecule has 17 heavy (non-hydrogen) atoms. The van der Waals surface area contributed by atoms with Gasteiger partial charge in [-0.3, -0.25) is 5.01 Å². The Kier molecular flexibility index (Phi) is 7.88. The van der Waals surface area contributed by atoms with Gasteiger partial charge < -0.3 is 5.11 Å². The van der Waals surface area contributed by atoms with Gasteiger partial charge in [-0.2, -0.15) is 5.10 Å². The van der Waals surface area contributed by atoms with E-state index < -0.39 is 0 Å². The lowest BCUT2D eigenvalue weighted by molar-refractivity contribution is 0.0130. The average molecular weight is 240 g/mol. The smallest absolute Gasteiger partial charge is 0.0591 e. The molecule has 0 bridgehead atoms. The van der Waals surface area contributed by atoms with Gasteiger partial charge in [0.2, 0.25) is 0 Å². The van der Waals surface area contributed by atoms with Gasteiger partial charge in [0.15, 0.2) is 0 Å².